The van der Waals surface area contributed by atoms with Crippen molar-refractivity contribution in [1.82, 2.24) is 9.55 Å². The van der Waals surface area contributed by atoms with Crippen molar-refractivity contribution in [2.24, 2.45) is 5.73 Å². The molecule has 0 atom stereocenters. The number of aryl methyl sites for hydroxylation is 1. The first-order valence-corrected chi connectivity index (χ1v) is 8.84. The van der Waals surface area contributed by atoms with Crippen LogP contribution in [-0.4, -0.2) is 9.55 Å². The van der Waals surface area contributed by atoms with E-state index in [1.54, 1.807) is 31.3 Å². The number of nitrogens with two attached hydrogens (primary N) is 1. The van der Waals surface area contributed by atoms with Crippen LogP contribution in [0.5, 0.6) is 5.75 Å². The van der Waals surface area contributed by atoms with Gasteiger partial charge in [-0.05, 0) is 47.1 Å². The third-order valence-electron chi connectivity index (χ3n) is 3.97. The van der Waals surface area contributed by atoms with Gasteiger partial charge in [-0.25, -0.2) is 8.78 Å². The number of rotatable bonds is 5. The number of benzene rings is 1. The maximum Gasteiger partial charge on any atom is 0.273 e. The SMILES string of the molecule is Cc1cc(OCc2ccc(F)cc2F)c(Br)c(=O)n1-c1ccc(CN)nc1. The topological polar surface area (TPSA) is 70.1 Å². The molecule has 0 aliphatic rings. The summed E-state index contributed by atoms with van der Waals surface area (Å²) in [4.78, 5) is 16.9. The largest absolute Gasteiger partial charge is 0.487 e. The van der Waals surface area contributed by atoms with E-state index in [1.807, 2.05) is 0 Å². The van der Waals surface area contributed by atoms with E-state index in [2.05, 4.69) is 20.9 Å². The summed E-state index contributed by atoms with van der Waals surface area (Å²) in [5.41, 5.74) is 7.30. The van der Waals surface area contributed by atoms with Crippen molar-refractivity contribution in [3.63, 3.8) is 0 Å². The fraction of sp³-hybridized carbons (Fsp3) is 0.158. The van der Waals surface area contributed by atoms with Gasteiger partial charge in [0.05, 0.1) is 17.6 Å². The van der Waals surface area contributed by atoms with Gasteiger partial charge in [0.25, 0.3) is 5.56 Å². The quantitative estimate of drug-likeness (QED) is 0.664. The van der Waals surface area contributed by atoms with Crippen molar-refractivity contribution < 1.29 is 13.5 Å². The molecule has 2 heterocycles. The van der Waals surface area contributed by atoms with E-state index in [0.29, 0.717) is 23.6 Å². The van der Waals surface area contributed by atoms with Crippen molar-refractivity contribution >= 4 is 15.9 Å². The third-order valence-corrected chi connectivity index (χ3v) is 4.70. The Morgan fingerprint density at radius 3 is 2.63 bits per heavy atom. The number of pyridine rings is 2. The van der Waals surface area contributed by atoms with Gasteiger partial charge in [0.1, 0.15) is 28.5 Å². The van der Waals surface area contributed by atoms with Gasteiger partial charge in [0, 0.05) is 29.9 Å². The molecule has 2 aromatic heterocycles. The van der Waals surface area contributed by atoms with Crippen LogP contribution in [0.2, 0.25) is 0 Å². The lowest BCUT2D eigenvalue weighted by Gasteiger charge is -2.15. The second kappa shape index (κ2) is 7.98. The van der Waals surface area contributed by atoms with Crippen LogP contribution < -0.4 is 16.0 Å². The van der Waals surface area contributed by atoms with Gasteiger partial charge in [-0.3, -0.25) is 14.3 Å². The van der Waals surface area contributed by atoms with Gasteiger partial charge in [0.2, 0.25) is 0 Å². The van der Waals surface area contributed by atoms with Gasteiger partial charge in [-0.1, -0.05) is 0 Å². The van der Waals surface area contributed by atoms with Crippen molar-refractivity contribution in [3.05, 3.63) is 86.0 Å². The minimum atomic E-state index is -0.706. The zero-order valence-corrected chi connectivity index (χ0v) is 16.0. The molecule has 27 heavy (non-hydrogen) atoms. The second-order valence-electron chi connectivity index (χ2n) is 5.84. The first-order chi connectivity index (χ1) is 12.9. The molecule has 3 rings (SSSR count). The highest BCUT2D eigenvalue weighted by Crippen LogP contribution is 2.25. The molecular formula is C19H16BrF2N3O2. The number of aromatic nitrogens is 2. The molecule has 3 aromatic rings. The lowest BCUT2D eigenvalue weighted by Crippen LogP contribution is -2.22. The maximum atomic E-state index is 13.7. The molecule has 0 aliphatic heterocycles. The summed E-state index contributed by atoms with van der Waals surface area (Å²) in [7, 11) is 0. The van der Waals surface area contributed by atoms with E-state index in [0.717, 1.165) is 12.1 Å². The van der Waals surface area contributed by atoms with E-state index in [9.17, 15) is 13.6 Å². The number of nitrogens with zero attached hydrogens (tertiary/aromatic N) is 2. The molecule has 8 heteroatoms. The Kier molecular flexibility index (Phi) is 5.67. The zero-order valence-electron chi connectivity index (χ0n) is 14.4. The first-order valence-electron chi connectivity index (χ1n) is 8.05. The van der Waals surface area contributed by atoms with E-state index in [1.165, 1.54) is 10.6 Å². The Labute approximate surface area is 162 Å². The Morgan fingerprint density at radius 2 is 2.00 bits per heavy atom. The predicted molar refractivity (Wildman–Crippen MR) is 101 cm³/mol. The van der Waals surface area contributed by atoms with Gasteiger partial charge in [-0.15, -0.1) is 0 Å². The molecule has 2 N–H and O–H groups in total. The van der Waals surface area contributed by atoms with E-state index < -0.39 is 11.6 Å². The van der Waals surface area contributed by atoms with Gasteiger partial charge < -0.3 is 10.5 Å². The molecule has 0 saturated carbocycles. The fourth-order valence-corrected chi connectivity index (χ4v) is 2.98. The number of hydrogen-bond acceptors (Lipinski definition) is 4. The van der Waals surface area contributed by atoms with Crippen LogP contribution in [0.1, 0.15) is 17.0 Å². The molecule has 5 nitrogen and oxygen atoms in total. The van der Waals surface area contributed by atoms with Crippen LogP contribution in [-0.2, 0) is 13.2 Å². The molecule has 0 fully saturated rings. The zero-order chi connectivity index (χ0) is 19.6. The molecule has 140 valence electrons. The third kappa shape index (κ3) is 4.06. The molecule has 0 radical (unpaired) electrons. The highest BCUT2D eigenvalue weighted by Gasteiger charge is 2.14. The van der Waals surface area contributed by atoms with Crippen LogP contribution >= 0.6 is 15.9 Å². The molecule has 0 aliphatic carbocycles. The number of hydrogen-bond donors (Lipinski definition) is 1. The second-order valence-corrected chi connectivity index (χ2v) is 6.63. The molecule has 0 spiro atoms. The summed E-state index contributed by atoms with van der Waals surface area (Å²) in [5, 5.41) is 0. The normalized spacial score (nSPS) is 10.9. The van der Waals surface area contributed by atoms with Crippen molar-refractivity contribution in [1.29, 1.82) is 0 Å². The lowest BCUT2D eigenvalue weighted by molar-refractivity contribution is 0.296. The molecular weight excluding hydrogens is 420 g/mol. The standard InChI is InChI=1S/C19H16BrF2N3O2/c1-11-6-17(27-10-12-2-3-13(21)7-16(12)22)18(20)19(26)25(11)15-5-4-14(8-23)24-9-15/h2-7,9H,8,10,23H2,1H3. The highest BCUT2D eigenvalue weighted by atomic mass is 79.9. The molecule has 1 aromatic carbocycles. The van der Waals surface area contributed by atoms with Crippen molar-refractivity contribution in [3.8, 4) is 11.4 Å². The predicted octanol–water partition coefficient (Wildman–Crippen LogP) is 3.62. The minimum absolute atomic E-state index is 0.139. The summed E-state index contributed by atoms with van der Waals surface area (Å²) < 4.78 is 34.0. The number of halogens is 3. The van der Waals surface area contributed by atoms with Gasteiger partial charge in [0.15, 0.2) is 0 Å². The minimum Gasteiger partial charge on any atom is -0.487 e. The van der Waals surface area contributed by atoms with Crippen LogP contribution in [0.4, 0.5) is 8.78 Å². The Morgan fingerprint density at radius 1 is 1.22 bits per heavy atom. The van der Waals surface area contributed by atoms with Gasteiger partial charge in [-0.2, -0.15) is 0 Å². The van der Waals surface area contributed by atoms with Crippen molar-refractivity contribution in [2.75, 3.05) is 0 Å². The molecule has 0 amide bonds. The number of ether oxygens (including phenoxy) is 1. The summed E-state index contributed by atoms with van der Waals surface area (Å²) in [6.45, 7) is 1.92. The lowest BCUT2D eigenvalue weighted by atomic mass is 10.2. The van der Waals surface area contributed by atoms with Gasteiger partial charge >= 0.3 is 0 Å². The Bertz CT molecular complexity index is 1040. The molecule has 0 bridgehead atoms. The van der Waals surface area contributed by atoms with Crippen molar-refractivity contribution in [2.45, 2.75) is 20.1 Å². The summed E-state index contributed by atoms with van der Waals surface area (Å²) >= 11 is 3.24. The van der Waals surface area contributed by atoms with E-state index in [-0.39, 0.29) is 28.0 Å². The van der Waals surface area contributed by atoms with Crippen LogP contribution in [0.3, 0.4) is 0 Å². The monoisotopic (exact) mass is 435 g/mol. The Balaban J connectivity index is 1.91. The average molecular weight is 436 g/mol. The smallest absolute Gasteiger partial charge is 0.273 e. The van der Waals surface area contributed by atoms with Crippen LogP contribution in [0, 0.1) is 18.6 Å². The summed E-state index contributed by atoms with van der Waals surface area (Å²) in [6, 6.07) is 8.40. The highest BCUT2D eigenvalue weighted by molar-refractivity contribution is 9.10. The van der Waals surface area contributed by atoms with Crippen LogP contribution in [0.15, 0.2) is 51.9 Å². The van der Waals surface area contributed by atoms with E-state index in [4.69, 9.17) is 10.5 Å². The molecule has 0 unspecified atom stereocenters. The van der Waals surface area contributed by atoms with Crippen LogP contribution in [0.25, 0.3) is 5.69 Å². The van der Waals surface area contributed by atoms with E-state index >= 15 is 0 Å². The fourth-order valence-electron chi connectivity index (χ4n) is 2.57. The summed E-state index contributed by atoms with van der Waals surface area (Å²) in [6.07, 6.45) is 1.57. The molecule has 0 saturated heterocycles. The first kappa shape index (κ1) is 19.2. The summed E-state index contributed by atoms with van der Waals surface area (Å²) in [5.74, 6) is -1.10. The maximum absolute atomic E-state index is 13.7. The Hall–Kier alpha value is -2.58. The average Bonchev–Trinajstić information content (AvgIpc) is 2.65.